The number of hydrogen-bond acceptors (Lipinski definition) is 6. The largest absolute Gasteiger partial charge is 0.494 e. The van der Waals surface area contributed by atoms with Crippen molar-refractivity contribution in [2.75, 3.05) is 18.7 Å². The number of anilines is 1. The summed E-state index contributed by atoms with van der Waals surface area (Å²) in [6.45, 7) is 4.69. The van der Waals surface area contributed by atoms with Crippen LogP contribution in [0.25, 0.3) is 5.57 Å². The van der Waals surface area contributed by atoms with E-state index in [9.17, 15) is 9.59 Å². The molecule has 0 saturated carbocycles. The molecule has 1 N–H and O–H groups in total. The Hall–Kier alpha value is -4.26. The zero-order valence-electron chi connectivity index (χ0n) is 19.0. The molecule has 0 unspecified atom stereocenters. The number of carbonyl (C=O) groups excluding carboxylic acids is 2. The van der Waals surface area contributed by atoms with Crippen LogP contribution in [-0.4, -0.2) is 30.1 Å². The number of aryl methyl sites for hydroxylation is 1. The lowest BCUT2D eigenvalue weighted by Crippen LogP contribution is -2.32. The van der Waals surface area contributed by atoms with Gasteiger partial charge in [-0.3, -0.25) is 14.5 Å². The number of hydrogen-bond donors (Lipinski definition) is 1. The number of rotatable bonds is 7. The van der Waals surface area contributed by atoms with Gasteiger partial charge in [-0.15, -0.1) is 0 Å². The molecule has 0 spiro atoms. The van der Waals surface area contributed by atoms with E-state index in [-0.39, 0.29) is 30.8 Å². The maximum Gasteiger partial charge on any atom is 0.278 e. The highest BCUT2D eigenvalue weighted by Crippen LogP contribution is 2.35. The summed E-state index contributed by atoms with van der Waals surface area (Å²) in [5.41, 5.74) is 3.76. The van der Waals surface area contributed by atoms with Gasteiger partial charge < -0.3 is 19.5 Å². The fourth-order valence-corrected chi connectivity index (χ4v) is 4.02. The summed E-state index contributed by atoms with van der Waals surface area (Å²) in [5.74, 6) is 1.20. The first-order chi connectivity index (χ1) is 16.5. The van der Waals surface area contributed by atoms with Crippen LogP contribution in [0.1, 0.15) is 23.6 Å². The maximum atomic E-state index is 13.5. The Labute approximate surface area is 197 Å². The van der Waals surface area contributed by atoms with Crippen molar-refractivity contribution in [1.29, 1.82) is 0 Å². The van der Waals surface area contributed by atoms with Crippen LogP contribution in [0.15, 0.2) is 72.4 Å². The molecule has 172 valence electrons. The number of benzene rings is 3. The van der Waals surface area contributed by atoms with Crippen molar-refractivity contribution in [3.05, 3.63) is 89.1 Å². The number of nitrogens with one attached hydrogen (secondary N) is 1. The van der Waals surface area contributed by atoms with E-state index in [0.29, 0.717) is 40.7 Å². The second-order valence-electron chi connectivity index (χ2n) is 8.09. The minimum Gasteiger partial charge on any atom is -0.494 e. The van der Waals surface area contributed by atoms with Crippen molar-refractivity contribution < 1.29 is 23.8 Å². The number of nitrogens with zero attached hydrogens (tertiary/aromatic N) is 1. The number of fused-ring (bicyclic) bond motifs is 1. The first kappa shape index (κ1) is 21.6. The van der Waals surface area contributed by atoms with Crippen molar-refractivity contribution in [2.24, 2.45) is 0 Å². The van der Waals surface area contributed by atoms with Crippen molar-refractivity contribution in [3.8, 4) is 17.2 Å². The topological polar surface area (TPSA) is 77.1 Å². The predicted molar refractivity (Wildman–Crippen MR) is 127 cm³/mol. The van der Waals surface area contributed by atoms with Gasteiger partial charge in [-0.2, -0.15) is 0 Å². The van der Waals surface area contributed by atoms with E-state index in [1.54, 1.807) is 12.1 Å². The highest BCUT2D eigenvalue weighted by atomic mass is 16.7. The molecule has 0 aliphatic carbocycles. The Balaban J connectivity index is 1.49. The third kappa shape index (κ3) is 4.08. The fourth-order valence-electron chi connectivity index (χ4n) is 4.02. The summed E-state index contributed by atoms with van der Waals surface area (Å²) in [6, 6.07) is 20.3. The smallest absolute Gasteiger partial charge is 0.278 e. The monoisotopic (exact) mass is 456 g/mol. The molecule has 0 aromatic heterocycles. The molecule has 2 aliphatic rings. The molecule has 2 aliphatic heterocycles. The molecule has 0 bridgehead atoms. The highest BCUT2D eigenvalue weighted by Gasteiger charge is 2.39. The Morgan fingerprint density at radius 2 is 1.74 bits per heavy atom. The maximum absolute atomic E-state index is 13.5. The van der Waals surface area contributed by atoms with E-state index in [2.05, 4.69) is 5.32 Å². The third-order valence-electron chi connectivity index (χ3n) is 5.70. The van der Waals surface area contributed by atoms with Crippen molar-refractivity contribution in [3.63, 3.8) is 0 Å². The zero-order valence-corrected chi connectivity index (χ0v) is 19.0. The zero-order chi connectivity index (χ0) is 23.7. The molecule has 5 rings (SSSR count). The Morgan fingerprint density at radius 1 is 0.941 bits per heavy atom. The minimum atomic E-state index is -0.389. The Kier molecular flexibility index (Phi) is 5.67. The molecular weight excluding hydrogens is 432 g/mol. The van der Waals surface area contributed by atoms with E-state index < -0.39 is 0 Å². The van der Waals surface area contributed by atoms with Gasteiger partial charge in [-0.25, -0.2) is 0 Å². The summed E-state index contributed by atoms with van der Waals surface area (Å²) >= 11 is 0. The van der Waals surface area contributed by atoms with Gasteiger partial charge in [0.25, 0.3) is 11.8 Å². The number of amides is 2. The average Bonchev–Trinajstić information content (AvgIpc) is 3.39. The average molecular weight is 456 g/mol. The first-order valence-corrected chi connectivity index (χ1v) is 11.1. The first-order valence-electron chi connectivity index (χ1n) is 11.1. The molecule has 0 fully saturated rings. The summed E-state index contributed by atoms with van der Waals surface area (Å²) in [7, 11) is 0. The number of carbonyl (C=O) groups is 2. The standard InChI is InChI=1S/C27H24N2O5/c1-3-32-21-6-4-5-20(14-21)28-25-24(19-10-7-17(2)8-11-19)26(30)29(27(25)31)15-18-9-12-22-23(13-18)34-16-33-22/h4-14,28H,3,15-16H2,1-2H3. The second-order valence-corrected chi connectivity index (χ2v) is 8.09. The molecule has 2 heterocycles. The van der Waals surface area contributed by atoms with Crippen LogP contribution in [0.2, 0.25) is 0 Å². The molecule has 0 radical (unpaired) electrons. The molecule has 3 aromatic rings. The van der Waals surface area contributed by atoms with Crippen LogP contribution in [0.3, 0.4) is 0 Å². The van der Waals surface area contributed by atoms with Crippen LogP contribution in [0.4, 0.5) is 5.69 Å². The van der Waals surface area contributed by atoms with Gasteiger partial charge in [-0.1, -0.05) is 42.0 Å². The van der Waals surface area contributed by atoms with Crippen LogP contribution >= 0.6 is 0 Å². The van der Waals surface area contributed by atoms with E-state index in [4.69, 9.17) is 14.2 Å². The van der Waals surface area contributed by atoms with Gasteiger partial charge in [0.1, 0.15) is 11.4 Å². The van der Waals surface area contributed by atoms with E-state index in [1.165, 1.54) is 4.90 Å². The lowest BCUT2D eigenvalue weighted by atomic mass is 10.0. The SMILES string of the molecule is CCOc1cccc(NC2=C(c3ccc(C)cc3)C(=O)N(Cc3ccc4c(c3)OCO4)C2=O)c1. The molecular formula is C27H24N2O5. The van der Waals surface area contributed by atoms with E-state index in [0.717, 1.165) is 11.1 Å². The third-order valence-corrected chi connectivity index (χ3v) is 5.70. The summed E-state index contributed by atoms with van der Waals surface area (Å²) < 4.78 is 16.4. The quantitative estimate of drug-likeness (QED) is 0.527. The Morgan fingerprint density at radius 3 is 2.53 bits per heavy atom. The van der Waals surface area contributed by atoms with Gasteiger partial charge in [-0.05, 0) is 49.2 Å². The molecule has 34 heavy (non-hydrogen) atoms. The predicted octanol–water partition coefficient (Wildman–Crippen LogP) is 4.51. The van der Waals surface area contributed by atoms with E-state index >= 15 is 0 Å². The second kappa shape index (κ2) is 8.94. The van der Waals surface area contributed by atoms with E-state index in [1.807, 2.05) is 68.4 Å². The van der Waals surface area contributed by atoms with Crippen molar-refractivity contribution in [2.45, 2.75) is 20.4 Å². The normalized spacial score (nSPS) is 14.7. The van der Waals surface area contributed by atoms with Gasteiger partial charge in [0.2, 0.25) is 6.79 Å². The lowest BCUT2D eigenvalue weighted by Gasteiger charge is -2.16. The fraction of sp³-hybridized carbons (Fsp3) is 0.185. The van der Waals surface area contributed by atoms with Crippen molar-refractivity contribution in [1.82, 2.24) is 4.90 Å². The summed E-state index contributed by atoms with van der Waals surface area (Å²) in [4.78, 5) is 28.3. The molecule has 7 nitrogen and oxygen atoms in total. The number of ether oxygens (including phenoxy) is 3. The molecule has 3 aromatic carbocycles. The molecule has 0 saturated heterocycles. The van der Waals surface area contributed by atoms with Crippen LogP contribution in [-0.2, 0) is 16.1 Å². The molecule has 2 amide bonds. The van der Waals surface area contributed by atoms with Gasteiger partial charge in [0.05, 0.1) is 18.7 Å². The summed E-state index contributed by atoms with van der Waals surface area (Å²) in [5, 5.41) is 3.18. The lowest BCUT2D eigenvalue weighted by molar-refractivity contribution is -0.137. The Bertz CT molecular complexity index is 1300. The van der Waals surface area contributed by atoms with Gasteiger partial charge in [0, 0.05) is 11.8 Å². The highest BCUT2D eigenvalue weighted by molar-refractivity contribution is 6.36. The number of imide groups is 1. The minimum absolute atomic E-state index is 0.119. The summed E-state index contributed by atoms with van der Waals surface area (Å²) in [6.07, 6.45) is 0. The van der Waals surface area contributed by atoms with Gasteiger partial charge in [0.15, 0.2) is 11.5 Å². The molecule has 0 atom stereocenters. The van der Waals surface area contributed by atoms with Crippen molar-refractivity contribution >= 4 is 23.1 Å². The van der Waals surface area contributed by atoms with Crippen LogP contribution in [0, 0.1) is 6.92 Å². The molecule has 7 heteroatoms. The van der Waals surface area contributed by atoms with Crippen LogP contribution < -0.4 is 19.5 Å². The van der Waals surface area contributed by atoms with Gasteiger partial charge >= 0.3 is 0 Å². The van der Waals surface area contributed by atoms with Crippen LogP contribution in [0.5, 0.6) is 17.2 Å².